The van der Waals surface area contributed by atoms with Crippen molar-refractivity contribution in [1.82, 2.24) is 0 Å². The molecule has 0 aliphatic heterocycles. The van der Waals surface area contributed by atoms with Crippen LogP contribution in [0, 0.1) is 11.7 Å². The first-order valence-corrected chi connectivity index (χ1v) is 9.47. The first-order chi connectivity index (χ1) is 13.0. The molecule has 0 aromatic heterocycles. The largest absolute Gasteiger partial charge is 0.434 e. The highest BCUT2D eigenvalue weighted by Gasteiger charge is 2.29. The smallest absolute Gasteiger partial charge is 0.387 e. The second-order valence-electron chi connectivity index (χ2n) is 7.25. The fourth-order valence-electron chi connectivity index (χ4n) is 4.17. The van der Waals surface area contributed by atoms with Crippen molar-refractivity contribution in [3.63, 3.8) is 0 Å². The van der Waals surface area contributed by atoms with E-state index in [0.29, 0.717) is 22.3 Å². The minimum atomic E-state index is -2.98. The van der Waals surface area contributed by atoms with Gasteiger partial charge < -0.3 is 4.74 Å². The third-order valence-corrected chi connectivity index (χ3v) is 5.59. The summed E-state index contributed by atoms with van der Waals surface area (Å²) in [6, 6.07) is 6.74. The highest BCUT2D eigenvalue weighted by Crippen LogP contribution is 2.44. The number of halogens is 3. The first kappa shape index (κ1) is 19.5. The SMILES string of the molecule is C=CCCC1CCC(c2c(OC(F)F)cc3cc(C=C)ccc3c2F)CC1. The number of ether oxygens (including phenoxy) is 1. The fraction of sp³-hybridized carbons (Fsp3) is 0.391. The van der Waals surface area contributed by atoms with E-state index in [1.165, 1.54) is 6.07 Å². The maximum Gasteiger partial charge on any atom is 0.387 e. The predicted molar refractivity (Wildman–Crippen MR) is 105 cm³/mol. The van der Waals surface area contributed by atoms with Crippen LogP contribution in [0.5, 0.6) is 5.75 Å². The molecule has 144 valence electrons. The van der Waals surface area contributed by atoms with E-state index in [0.717, 1.165) is 44.1 Å². The summed E-state index contributed by atoms with van der Waals surface area (Å²) in [6.07, 6.45) is 9.14. The van der Waals surface area contributed by atoms with E-state index in [2.05, 4.69) is 13.2 Å². The summed E-state index contributed by atoms with van der Waals surface area (Å²) < 4.78 is 46.0. The molecule has 1 saturated carbocycles. The van der Waals surface area contributed by atoms with Gasteiger partial charge in [0.05, 0.1) is 0 Å². The molecule has 27 heavy (non-hydrogen) atoms. The van der Waals surface area contributed by atoms with E-state index < -0.39 is 12.4 Å². The highest BCUT2D eigenvalue weighted by atomic mass is 19.3. The second kappa shape index (κ2) is 8.64. The molecular formula is C23H25F3O. The number of rotatable bonds is 7. The molecule has 1 aliphatic carbocycles. The summed E-state index contributed by atoms with van der Waals surface area (Å²) in [5.74, 6) is 0.0265. The molecule has 2 aromatic carbocycles. The minimum absolute atomic E-state index is 0.0363. The van der Waals surface area contributed by atoms with Crippen LogP contribution in [0.3, 0.4) is 0 Å². The molecule has 0 atom stereocenters. The normalized spacial score (nSPS) is 20.0. The highest BCUT2D eigenvalue weighted by molar-refractivity contribution is 5.88. The van der Waals surface area contributed by atoms with Crippen LogP contribution in [0.1, 0.15) is 55.6 Å². The Morgan fingerprint density at radius 1 is 1.11 bits per heavy atom. The van der Waals surface area contributed by atoms with Crippen molar-refractivity contribution in [1.29, 1.82) is 0 Å². The van der Waals surface area contributed by atoms with Gasteiger partial charge in [0.25, 0.3) is 0 Å². The molecule has 1 fully saturated rings. The molecule has 0 heterocycles. The van der Waals surface area contributed by atoms with Gasteiger partial charge in [0.2, 0.25) is 0 Å². The Kier molecular flexibility index (Phi) is 6.25. The zero-order chi connectivity index (χ0) is 19.4. The molecule has 0 saturated heterocycles. The van der Waals surface area contributed by atoms with Crippen molar-refractivity contribution in [3.8, 4) is 5.75 Å². The summed E-state index contributed by atoms with van der Waals surface area (Å²) in [7, 11) is 0. The first-order valence-electron chi connectivity index (χ1n) is 9.47. The van der Waals surface area contributed by atoms with Gasteiger partial charge in [-0.05, 0) is 73.4 Å². The van der Waals surface area contributed by atoms with Crippen molar-refractivity contribution in [3.05, 3.63) is 60.4 Å². The van der Waals surface area contributed by atoms with Crippen LogP contribution in [0.2, 0.25) is 0 Å². The van der Waals surface area contributed by atoms with Crippen LogP contribution in [0.25, 0.3) is 16.8 Å². The Bertz CT molecular complexity index is 820. The van der Waals surface area contributed by atoms with Crippen molar-refractivity contribution < 1.29 is 17.9 Å². The summed E-state index contributed by atoms with van der Waals surface area (Å²) in [5.41, 5.74) is 1.11. The minimum Gasteiger partial charge on any atom is -0.434 e. The van der Waals surface area contributed by atoms with Gasteiger partial charge in [-0.2, -0.15) is 8.78 Å². The molecule has 1 aliphatic rings. The molecule has 1 nitrogen and oxygen atoms in total. The molecule has 0 bridgehead atoms. The maximum absolute atomic E-state index is 15.3. The third-order valence-electron chi connectivity index (χ3n) is 5.59. The number of fused-ring (bicyclic) bond motifs is 1. The Labute approximate surface area is 158 Å². The van der Waals surface area contributed by atoms with Gasteiger partial charge in [0.15, 0.2) is 0 Å². The van der Waals surface area contributed by atoms with E-state index in [9.17, 15) is 8.78 Å². The zero-order valence-corrected chi connectivity index (χ0v) is 15.4. The zero-order valence-electron chi connectivity index (χ0n) is 15.4. The Balaban J connectivity index is 1.96. The van der Waals surface area contributed by atoms with E-state index >= 15 is 4.39 Å². The lowest BCUT2D eigenvalue weighted by molar-refractivity contribution is -0.0508. The molecule has 0 spiro atoms. The standard InChI is InChI=1S/C23H25F3O/c1-3-5-6-16-7-10-17(11-8-16)21-20(27-23(25)26)14-18-13-15(4-2)9-12-19(18)22(21)24/h3-4,9,12-14,16-17,23H,1-2,5-8,10-11H2. The summed E-state index contributed by atoms with van der Waals surface area (Å²) in [6.45, 7) is 4.48. The number of hydrogen-bond donors (Lipinski definition) is 0. The lowest BCUT2D eigenvalue weighted by Gasteiger charge is -2.30. The van der Waals surface area contributed by atoms with Crippen molar-refractivity contribution in [2.45, 2.75) is 51.1 Å². The van der Waals surface area contributed by atoms with Crippen LogP contribution < -0.4 is 4.74 Å². The van der Waals surface area contributed by atoms with Gasteiger partial charge in [0.1, 0.15) is 11.6 Å². The Morgan fingerprint density at radius 3 is 2.48 bits per heavy atom. The Morgan fingerprint density at radius 2 is 1.85 bits per heavy atom. The predicted octanol–water partition coefficient (Wildman–Crippen LogP) is 7.46. The van der Waals surface area contributed by atoms with Gasteiger partial charge in [-0.1, -0.05) is 30.9 Å². The average Bonchev–Trinajstić information content (AvgIpc) is 2.66. The van der Waals surface area contributed by atoms with Crippen LogP contribution in [0.15, 0.2) is 43.5 Å². The van der Waals surface area contributed by atoms with Gasteiger partial charge in [-0.15, -0.1) is 6.58 Å². The van der Waals surface area contributed by atoms with Crippen molar-refractivity contribution >= 4 is 16.8 Å². The van der Waals surface area contributed by atoms with Crippen molar-refractivity contribution in [2.24, 2.45) is 5.92 Å². The molecular weight excluding hydrogens is 349 g/mol. The quantitative estimate of drug-likeness (QED) is 0.457. The van der Waals surface area contributed by atoms with Crippen LogP contribution in [0.4, 0.5) is 13.2 Å². The van der Waals surface area contributed by atoms with E-state index in [1.54, 1.807) is 24.3 Å². The van der Waals surface area contributed by atoms with Gasteiger partial charge in [0, 0.05) is 10.9 Å². The summed E-state index contributed by atoms with van der Waals surface area (Å²) in [5, 5.41) is 0.981. The average molecular weight is 374 g/mol. The molecule has 0 unspecified atom stereocenters. The lowest BCUT2D eigenvalue weighted by atomic mass is 9.76. The molecule has 0 N–H and O–H groups in total. The van der Waals surface area contributed by atoms with E-state index in [1.807, 2.05) is 6.08 Å². The summed E-state index contributed by atoms with van der Waals surface area (Å²) in [4.78, 5) is 0. The topological polar surface area (TPSA) is 9.23 Å². The third kappa shape index (κ3) is 4.37. The second-order valence-corrected chi connectivity index (χ2v) is 7.25. The van der Waals surface area contributed by atoms with Crippen LogP contribution >= 0.6 is 0 Å². The monoisotopic (exact) mass is 374 g/mol. The van der Waals surface area contributed by atoms with Gasteiger partial charge >= 0.3 is 6.61 Å². The molecule has 4 heteroatoms. The van der Waals surface area contributed by atoms with Crippen LogP contribution in [-0.4, -0.2) is 6.61 Å². The molecule has 0 amide bonds. The number of benzene rings is 2. The van der Waals surface area contributed by atoms with Crippen LogP contribution in [-0.2, 0) is 0 Å². The Hall–Kier alpha value is -2.23. The number of allylic oxidation sites excluding steroid dienone is 1. The summed E-state index contributed by atoms with van der Waals surface area (Å²) >= 11 is 0. The van der Waals surface area contributed by atoms with E-state index in [4.69, 9.17) is 4.74 Å². The number of alkyl halides is 2. The van der Waals surface area contributed by atoms with E-state index in [-0.39, 0.29) is 11.7 Å². The maximum atomic E-state index is 15.3. The molecule has 0 radical (unpaired) electrons. The van der Waals surface area contributed by atoms with Gasteiger partial charge in [-0.3, -0.25) is 0 Å². The fourth-order valence-corrected chi connectivity index (χ4v) is 4.17. The number of hydrogen-bond acceptors (Lipinski definition) is 1. The van der Waals surface area contributed by atoms with Gasteiger partial charge in [-0.25, -0.2) is 4.39 Å². The molecule has 2 aromatic rings. The van der Waals surface area contributed by atoms with Crippen molar-refractivity contribution in [2.75, 3.05) is 0 Å². The lowest BCUT2D eigenvalue weighted by Crippen LogP contribution is -2.16. The molecule has 3 rings (SSSR count).